The van der Waals surface area contributed by atoms with Gasteiger partial charge in [-0.3, -0.25) is 0 Å². The van der Waals surface area contributed by atoms with Gasteiger partial charge in [0.15, 0.2) is 6.29 Å². The Morgan fingerprint density at radius 1 is 0.536 bits per heavy atom. The second kappa shape index (κ2) is 6.69. The summed E-state index contributed by atoms with van der Waals surface area (Å²) >= 11 is 0. The fourth-order valence-electron chi connectivity index (χ4n) is 3.96. The predicted molar refractivity (Wildman–Crippen MR) is 107 cm³/mol. The van der Waals surface area contributed by atoms with Crippen LogP contribution in [0.15, 0.2) is 36.4 Å². The van der Waals surface area contributed by atoms with Crippen LogP contribution in [0.1, 0.15) is 11.9 Å². The Labute approximate surface area is 159 Å². The average molecular weight is 380 g/mol. The van der Waals surface area contributed by atoms with Gasteiger partial charge in [-0.25, -0.2) is 0 Å². The number of rotatable bonds is 4. The second-order valence-electron chi connectivity index (χ2n) is 6.68. The number of hydrogen-bond acceptors (Lipinski definition) is 8. The fourth-order valence-corrected chi connectivity index (χ4v) is 3.96. The lowest BCUT2D eigenvalue weighted by atomic mass is 9.67. The van der Waals surface area contributed by atoms with Gasteiger partial charge in [0.1, 0.15) is 0 Å². The van der Waals surface area contributed by atoms with Crippen LogP contribution in [-0.4, -0.2) is 61.7 Å². The summed E-state index contributed by atoms with van der Waals surface area (Å²) in [4.78, 5) is 0. The minimum absolute atomic E-state index is 0.0334. The molecule has 0 radical (unpaired) electrons. The van der Waals surface area contributed by atoms with Crippen molar-refractivity contribution >= 4 is 70.1 Å². The van der Waals surface area contributed by atoms with E-state index >= 15 is 0 Å². The molecule has 0 saturated heterocycles. The highest BCUT2D eigenvalue weighted by atomic mass is 16.5. The average Bonchev–Trinajstić information content (AvgIpc) is 2.64. The molecular weight excluding hydrogens is 365 g/mol. The maximum atomic E-state index is 9.78. The molecule has 0 unspecified atom stereocenters. The van der Waals surface area contributed by atoms with Crippen molar-refractivity contribution in [2.24, 2.45) is 0 Å². The topological polar surface area (TPSA) is 162 Å². The van der Waals surface area contributed by atoms with Crippen LogP contribution < -0.4 is 16.4 Å². The first kappa shape index (κ1) is 19.1. The molecule has 4 aromatic carbocycles. The van der Waals surface area contributed by atoms with Gasteiger partial charge in [-0.15, -0.1) is 0 Å². The van der Waals surface area contributed by atoms with E-state index in [2.05, 4.69) is 0 Å². The summed E-state index contributed by atoms with van der Waals surface area (Å²) in [5, 5.41) is 80.6. The maximum Gasteiger partial charge on any atom is 0.489 e. The zero-order valence-electron chi connectivity index (χ0n) is 14.4. The van der Waals surface area contributed by atoms with E-state index < -0.39 is 27.6 Å². The molecule has 0 fully saturated rings. The maximum absolute atomic E-state index is 9.78. The lowest BCUT2D eigenvalue weighted by Crippen LogP contribution is -2.39. The van der Waals surface area contributed by atoms with Gasteiger partial charge in [0, 0.05) is 5.56 Å². The van der Waals surface area contributed by atoms with Gasteiger partial charge in [-0.05, 0) is 48.7 Å². The van der Waals surface area contributed by atoms with E-state index in [1.165, 1.54) is 12.1 Å². The van der Waals surface area contributed by atoms with Crippen molar-refractivity contribution in [2.75, 3.05) is 0 Å². The van der Waals surface area contributed by atoms with Crippen LogP contribution in [0.5, 0.6) is 0 Å². The lowest BCUT2D eigenvalue weighted by molar-refractivity contribution is -0.0412. The standard InChI is InChI=1S/C17H15B3O8/c21-17(22)11-5-12(18(23)24)8-3-4-10-14(20(27)28)6-13(19(25)26)9-2-1-7(11)15(8)16(9)10/h1-6,17,21-28H. The summed E-state index contributed by atoms with van der Waals surface area (Å²) in [7, 11) is -5.69. The van der Waals surface area contributed by atoms with Crippen LogP contribution in [0.4, 0.5) is 0 Å². The predicted octanol–water partition coefficient (Wildman–Crippen LogP) is -3.39. The number of benzene rings is 4. The normalized spacial score (nSPS) is 11.9. The van der Waals surface area contributed by atoms with Crippen molar-refractivity contribution in [3.8, 4) is 0 Å². The highest BCUT2D eigenvalue weighted by Crippen LogP contribution is 2.35. The van der Waals surface area contributed by atoms with Crippen molar-refractivity contribution in [3.63, 3.8) is 0 Å². The molecular formula is C17H15B3O8. The van der Waals surface area contributed by atoms with Crippen LogP contribution in [0.3, 0.4) is 0 Å². The van der Waals surface area contributed by atoms with E-state index in [4.69, 9.17) is 0 Å². The Morgan fingerprint density at radius 2 is 0.893 bits per heavy atom. The van der Waals surface area contributed by atoms with Crippen molar-refractivity contribution < 1.29 is 40.4 Å². The Bertz CT molecular complexity index is 1010. The van der Waals surface area contributed by atoms with Crippen LogP contribution in [0.25, 0.3) is 32.3 Å². The third kappa shape index (κ3) is 2.69. The molecule has 0 amide bonds. The molecule has 0 aliphatic heterocycles. The first-order valence-electron chi connectivity index (χ1n) is 8.45. The molecule has 0 spiro atoms. The Hall–Kier alpha value is -2.21. The molecule has 0 aromatic heterocycles. The summed E-state index contributed by atoms with van der Waals surface area (Å²) in [6.45, 7) is 0. The lowest BCUT2D eigenvalue weighted by Gasteiger charge is -2.21. The van der Waals surface area contributed by atoms with E-state index in [0.717, 1.165) is 0 Å². The number of aliphatic hydroxyl groups is 2. The van der Waals surface area contributed by atoms with Crippen molar-refractivity contribution in [3.05, 3.63) is 42.0 Å². The van der Waals surface area contributed by atoms with Crippen LogP contribution in [0, 0.1) is 0 Å². The molecule has 0 saturated carbocycles. The molecule has 4 aromatic rings. The Balaban J connectivity index is 2.33. The summed E-state index contributed by atoms with van der Waals surface area (Å²) in [6, 6.07) is 8.81. The summed E-state index contributed by atoms with van der Waals surface area (Å²) in [6.07, 6.45) is -1.90. The quantitative estimate of drug-likeness (QED) is 0.103. The molecule has 0 bridgehead atoms. The molecule has 0 heterocycles. The third-order valence-corrected chi connectivity index (χ3v) is 5.14. The third-order valence-electron chi connectivity index (χ3n) is 5.14. The van der Waals surface area contributed by atoms with Gasteiger partial charge in [0.05, 0.1) is 0 Å². The van der Waals surface area contributed by atoms with E-state index in [9.17, 15) is 40.4 Å². The van der Waals surface area contributed by atoms with Gasteiger partial charge in [-0.1, -0.05) is 36.4 Å². The molecule has 8 N–H and O–H groups in total. The summed E-state index contributed by atoms with van der Waals surface area (Å²) < 4.78 is 0. The van der Waals surface area contributed by atoms with Crippen molar-refractivity contribution in [1.29, 1.82) is 0 Å². The highest BCUT2D eigenvalue weighted by molar-refractivity contribution is 6.68. The molecule has 0 aliphatic carbocycles. The van der Waals surface area contributed by atoms with E-state index in [1.807, 2.05) is 0 Å². The van der Waals surface area contributed by atoms with Crippen LogP contribution in [-0.2, 0) is 0 Å². The zero-order chi connectivity index (χ0) is 20.3. The molecule has 140 valence electrons. The first-order valence-corrected chi connectivity index (χ1v) is 8.45. The van der Waals surface area contributed by atoms with Gasteiger partial charge in [0.25, 0.3) is 0 Å². The second-order valence-corrected chi connectivity index (χ2v) is 6.68. The molecule has 4 rings (SSSR count). The SMILES string of the molecule is OB(O)c1cc(B(O)O)c2ccc3c(C(O)O)cc(B(O)O)c4ccc1c2c43. The molecule has 0 aliphatic rings. The molecule has 11 heteroatoms. The van der Waals surface area contributed by atoms with E-state index in [1.54, 1.807) is 24.3 Å². The molecule has 0 atom stereocenters. The van der Waals surface area contributed by atoms with Crippen molar-refractivity contribution in [1.82, 2.24) is 0 Å². The van der Waals surface area contributed by atoms with E-state index in [0.29, 0.717) is 32.3 Å². The van der Waals surface area contributed by atoms with Gasteiger partial charge < -0.3 is 40.4 Å². The van der Waals surface area contributed by atoms with Gasteiger partial charge >= 0.3 is 21.4 Å². The Kier molecular flexibility index (Phi) is 4.57. The smallest absolute Gasteiger partial charge is 0.423 e. The minimum atomic E-state index is -1.90. The van der Waals surface area contributed by atoms with Crippen LogP contribution >= 0.6 is 0 Å². The van der Waals surface area contributed by atoms with E-state index in [-0.39, 0.29) is 22.0 Å². The zero-order valence-corrected chi connectivity index (χ0v) is 14.4. The summed E-state index contributed by atoms with van der Waals surface area (Å²) in [5.74, 6) is 0. The minimum Gasteiger partial charge on any atom is -0.423 e. The number of hydrogen-bond donors (Lipinski definition) is 8. The fraction of sp³-hybridized carbons (Fsp3) is 0.0588. The number of aliphatic hydroxyl groups excluding tert-OH is 1. The molecule has 8 nitrogen and oxygen atoms in total. The van der Waals surface area contributed by atoms with Crippen molar-refractivity contribution in [2.45, 2.75) is 6.29 Å². The largest absolute Gasteiger partial charge is 0.489 e. The Morgan fingerprint density at radius 3 is 1.29 bits per heavy atom. The first-order chi connectivity index (χ1) is 13.2. The van der Waals surface area contributed by atoms with Gasteiger partial charge in [-0.2, -0.15) is 0 Å². The van der Waals surface area contributed by atoms with Crippen LogP contribution in [0.2, 0.25) is 0 Å². The molecule has 28 heavy (non-hydrogen) atoms. The highest BCUT2D eigenvalue weighted by Gasteiger charge is 2.27. The van der Waals surface area contributed by atoms with Gasteiger partial charge in [0.2, 0.25) is 0 Å². The monoisotopic (exact) mass is 380 g/mol. The summed E-state index contributed by atoms with van der Waals surface area (Å²) in [5.41, 5.74) is 0.134.